The molecule has 0 nitrogen and oxygen atoms in total. The Morgan fingerprint density at radius 3 is 1.02 bits per heavy atom. The normalized spacial score (nSPS) is 14.7. The molecule has 0 saturated carbocycles. The van der Waals surface area contributed by atoms with Gasteiger partial charge in [0.2, 0.25) is 0 Å². The number of halogens is 2. The minimum Gasteiger partial charge on any atom is -0.273 e. The largest absolute Gasteiger partial charge is 0.273 e. The fraction of sp³-hybridized carbons (Fsp3) is 0.556. The molecule has 0 fully saturated rings. The summed E-state index contributed by atoms with van der Waals surface area (Å²) in [7, 11) is 0. The predicted molar refractivity (Wildman–Crippen MR) is 191 cm³/mol. The summed E-state index contributed by atoms with van der Waals surface area (Å²) in [5.41, 5.74) is 9.89. The Morgan fingerprint density at radius 2 is 0.881 bits per heavy atom. The van der Waals surface area contributed by atoms with Crippen molar-refractivity contribution in [2.45, 2.75) is 132 Å². The molecule has 0 aromatic rings. The van der Waals surface area contributed by atoms with Gasteiger partial charge in [0.15, 0.2) is 0 Å². The van der Waals surface area contributed by atoms with Gasteiger partial charge in [-0.3, -0.25) is 24.3 Å². The Kier molecular flexibility index (Phi) is 40.8. The van der Waals surface area contributed by atoms with E-state index in [4.69, 9.17) is 0 Å². The summed E-state index contributed by atoms with van der Waals surface area (Å²) in [6.07, 6.45) is 36.2. The molecule has 0 aliphatic heterocycles. The Hall–Kier alpha value is 0.674. The maximum absolute atomic E-state index is 3.45. The number of allylic oxidation sites excluding steroid dienone is 16. The van der Waals surface area contributed by atoms with Gasteiger partial charge in [-0.05, 0) is 0 Å². The zero-order valence-electron chi connectivity index (χ0n) is 28.4. The second kappa shape index (κ2) is 34.5. The third kappa shape index (κ3) is 27.0. The van der Waals surface area contributed by atoms with E-state index in [1.807, 2.05) is 24.3 Å². The molecule has 6 heteroatoms. The van der Waals surface area contributed by atoms with E-state index < -0.39 is 0 Å². The van der Waals surface area contributed by atoms with Gasteiger partial charge in [-0.1, -0.05) is 80.1 Å². The SMILES string of the molecule is CCC1=[C-]CC(CC)=C1CC.CCC1=[C-]CC(CC)=C1CC.C[Si](C)=[Hf+2].C[Si](C)=[Hf+2].Cl.Cl.[C-]1=CC=CC1.[C-]1=CC=CC1. The molecule has 0 spiro atoms. The van der Waals surface area contributed by atoms with Crippen molar-refractivity contribution in [1.29, 1.82) is 0 Å². The zero-order chi connectivity index (χ0) is 30.8. The van der Waals surface area contributed by atoms with Gasteiger partial charge in [0.25, 0.3) is 0 Å². The topological polar surface area (TPSA) is 0 Å². The van der Waals surface area contributed by atoms with Gasteiger partial charge in [-0.15, -0.1) is 50.5 Å². The van der Waals surface area contributed by atoms with Crippen LogP contribution >= 0.6 is 24.8 Å². The van der Waals surface area contributed by atoms with Crippen LogP contribution in [0, 0.1) is 24.3 Å². The van der Waals surface area contributed by atoms with Crippen LogP contribution < -0.4 is 0 Å². The molecule has 42 heavy (non-hydrogen) atoms. The van der Waals surface area contributed by atoms with Gasteiger partial charge < -0.3 is 0 Å². The summed E-state index contributed by atoms with van der Waals surface area (Å²) in [4.78, 5) is 0. The third-order valence-electron chi connectivity index (χ3n) is 6.05. The first-order valence-electron chi connectivity index (χ1n) is 15.2. The minimum atomic E-state index is 0. The van der Waals surface area contributed by atoms with Gasteiger partial charge in [-0.2, -0.15) is 34.4 Å². The molecule has 0 amide bonds. The molecule has 0 heterocycles. The molecule has 0 atom stereocenters. The second-order valence-corrected chi connectivity index (χ2v) is 35.5. The molecule has 4 aliphatic rings. The molecule has 0 N–H and O–H groups in total. The second-order valence-electron chi connectivity index (χ2n) is 9.96. The Balaban J connectivity index is -0.000000216. The van der Waals surface area contributed by atoms with Crippen LogP contribution in [-0.2, 0) is 46.0 Å². The van der Waals surface area contributed by atoms with E-state index in [0.717, 1.165) is 38.5 Å². The quantitative estimate of drug-likeness (QED) is 0.184. The first kappa shape index (κ1) is 49.6. The van der Waals surface area contributed by atoms with Crippen molar-refractivity contribution in [3.8, 4) is 0 Å². The minimum absolute atomic E-state index is 0. The first-order chi connectivity index (χ1) is 19.1. The zero-order valence-corrected chi connectivity index (χ0v) is 39.2. The smallest absolute Gasteiger partial charge is 0.109 e. The van der Waals surface area contributed by atoms with Crippen LogP contribution in [0.1, 0.15) is 106 Å². The first-order valence-corrected chi connectivity index (χ1v) is 31.0. The summed E-state index contributed by atoms with van der Waals surface area (Å²) in [6.45, 7) is 22.7. The standard InChI is InChI=1S/2C11H17.2C5H5.2C2H6Si.2ClH.2Hf/c2*1-4-9-7-8-10(5-2)11(9)6-3;2*1-2-4-5-3-1;2*1-3-2;;;;/h2*4-7H2,1-3H3;2*1-3H,4H2;2*1-2H3;2*1H;;/q4*-1;;;;;2*+2. The van der Waals surface area contributed by atoms with Crippen molar-refractivity contribution in [3.05, 3.63) is 94.2 Å². The van der Waals surface area contributed by atoms with Crippen LogP contribution in [0.15, 0.2) is 69.9 Å². The van der Waals surface area contributed by atoms with Gasteiger partial charge in [0.1, 0.15) is 0 Å². The molecular weight excluding hydrogens is 916 g/mol. The van der Waals surface area contributed by atoms with Crippen molar-refractivity contribution in [1.82, 2.24) is 0 Å². The van der Waals surface area contributed by atoms with Crippen LogP contribution in [0.25, 0.3) is 0 Å². The van der Waals surface area contributed by atoms with Crippen LogP contribution in [0.2, 0.25) is 26.2 Å². The van der Waals surface area contributed by atoms with E-state index in [1.54, 1.807) is 22.3 Å². The van der Waals surface area contributed by atoms with Gasteiger partial charge in [0.05, 0.1) is 0 Å². The summed E-state index contributed by atoms with van der Waals surface area (Å²) in [5, 5.41) is 0. The van der Waals surface area contributed by atoms with Gasteiger partial charge >= 0.3 is 83.2 Å². The van der Waals surface area contributed by atoms with Crippen LogP contribution in [0.3, 0.4) is 0 Å². The van der Waals surface area contributed by atoms with E-state index in [0.29, 0.717) is 0 Å². The molecule has 232 valence electrons. The average molecular weight is 975 g/mol. The Morgan fingerprint density at radius 1 is 0.571 bits per heavy atom. The summed E-state index contributed by atoms with van der Waals surface area (Å²) >= 11 is 2.90. The van der Waals surface area contributed by atoms with E-state index in [9.17, 15) is 0 Å². The Labute approximate surface area is 305 Å². The maximum atomic E-state index is 3.45. The van der Waals surface area contributed by atoms with Gasteiger partial charge in [-0.25, -0.2) is 35.5 Å². The van der Waals surface area contributed by atoms with E-state index in [2.05, 4.69) is 104 Å². The van der Waals surface area contributed by atoms with Crippen molar-refractivity contribution < 1.29 is 46.0 Å². The van der Waals surface area contributed by atoms with E-state index >= 15 is 0 Å². The third-order valence-corrected chi connectivity index (χ3v) is 6.05. The predicted octanol–water partition coefficient (Wildman–Crippen LogP) is 12.3. The molecule has 0 bridgehead atoms. The summed E-state index contributed by atoms with van der Waals surface area (Å²) in [5.74, 6) is 0. The maximum Gasteiger partial charge on any atom is -0.109 e. The fourth-order valence-corrected chi connectivity index (χ4v) is 4.24. The van der Waals surface area contributed by atoms with E-state index in [-0.39, 0.29) is 35.8 Å². The number of hydrogen-bond acceptors (Lipinski definition) is 0. The molecule has 0 saturated heterocycles. The van der Waals surface area contributed by atoms with Crippen molar-refractivity contribution in [2.75, 3.05) is 0 Å². The van der Waals surface area contributed by atoms with Crippen LogP contribution in [0.4, 0.5) is 0 Å². The van der Waals surface area contributed by atoms with Crippen molar-refractivity contribution >= 4 is 35.8 Å². The molecule has 0 aromatic heterocycles. The van der Waals surface area contributed by atoms with Crippen LogP contribution in [-0.4, -0.2) is 11.0 Å². The monoisotopic (exact) mass is 976 g/mol. The van der Waals surface area contributed by atoms with Crippen molar-refractivity contribution in [2.24, 2.45) is 0 Å². The fourth-order valence-electron chi connectivity index (χ4n) is 4.24. The number of rotatable bonds is 6. The van der Waals surface area contributed by atoms with Crippen molar-refractivity contribution in [3.63, 3.8) is 0 Å². The summed E-state index contributed by atoms with van der Waals surface area (Å²) < 4.78 is 0. The number of hydrogen-bond donors (Lipinski definition) is 0. The van der Waals surface area contributed by atoms with E-state index in [1.165, 1.54) is 82.8 Å². The molecule has 0 unspecified atom stereocenters. The molecule has 4 rings (SSSR count). The van der Waals surface area contributed by atoms with Crippen LogP contribution in [0.5, 0.6) is 0 Å². The molecular formula is C36H58Cl2Hf2Si2. The van der Waals surface area contributed by atoms with Gasteiger partial charge in [0, 0.05) is 0 Å². The molecule has 0 radical (unpaired) electrons. The summed E-state index contributed by atoms with van der Waals surface area (Å²) in [6, 6.07) is 0. The molecule has 4 aliphatic carbocycles. The Bertz CT molecular complexity index is 886. The molecule has 0 aromatic carbocycles. The average Bonchev–Trinajstić information content (AvgIpc) is 3.75.